The second kappa shape index (κ2) is 6.26. The smallest absolute Gasteiger partial charge is 0.271 e. The highest BCUT2D eigenvalue weighted by Crippen LogP contribution is 2.31. The molecular formula is C16H14ClN3O3. The number of nitrogens with one attached hydrogen (secondary N) is 2. The molecule has 0 unspecified atom stereocenters. The van der Waals surface area contributed by atoms with Crippen LogP contribution < -0.4 is 10.6 Å². The van der Waals surface area contributed by atoms with Gasteiger partial charge in [0.05, 0.1) is 15.6 Å². The van der Waals surface area contributed by atoms with Crippen LogP contribution in [0.2, 0.25) is 5.02 Å². The molecular weight excluding hydrogens is 318 g/mol. The van der Waals surface area contributed by atoms with E-state index in [1.54, 1.807) is 30.3 Å². The van der Waals surface area contributed by atoms with E-state index in [9.17, 15) is 14.9 Å². The Balaban J connectivity index is 1.68. The van der Waals surface area contributed by atoms with Crippen LogP contribution in [-0.4, -0.2) is 10.8 Å². The van der Waals surface area contributed by atoms with Crippen LogP contribution in [0.15, 0.2) is 42.5 Å². The standard InChI is InChI=1S/C16H14ClN3O3/c17-14-9-13(20(22)23)7-8-15(14)18-11-3-5-12(6-4-11)19-16(21)10-1-2-10/h3-10,18H,1-2H2,(H,19,21). The summed E-state index contributed by atoms with van der Waals surface area (Å²) in [7, 11) is 0. The topological polar surface area (TPSA) is 84.3 Å². The number of carbonyl (C=O) groups excluding carboxylic acids is 1. The molecule has 23 heavy (non-hydrogen) atoms. The van der Waals surface area contributed by atoms with E-state index in [0.717, 1.165) is 24.2 Å². The fourth-order valence-electron chi connectivity index (χ4n) is 2.10. The predicted octanol–water partition coefficient (Wildman–Crippen LogP) is 4.34. The maximum Gasteiger partial charge on any atom is 0.271 e. The summed E-state index contributed by atoms with van der Waals surface area (Å²) in [5.74, 6) is 0.218. The number of hydrogen-bond donors (Lipinski definition) is 2. The average Bonchev–Trinajstić information content (AvgIpc) is 3.36. The van der Waals surface area contributed by atoms with Crippen LogP contribution in [0.25, 0.3) is 0 Å². The number of rotatable bonds is 5. The summed E-state index contributed by atoms with van der Waals surface area (Å²) in [6.45, 7) is 0. The molecule has 1 aliphatic carbocycles. The van der Waals surface area contributed by atoms with E-state index < -0.39 is 4.92 Å². The third-order valence-electron chi connectivity index (χ3n) is 3.54. The van der Waals surface area contributed by atoms with Crippen LogP contribution in [0.4, 0.5) is 22.7 Å². The Morgan fingerprint density at radius 1 is 1.13 bits per heavy atom. The van der Waals surface area contributed by atoms with Gasteiger partial charge in [0, 0.05) is 29.4 Å². The fourth-order valence-corrected chi connectivity index (χ4v) is 2.32. The lowest BCUT2D eigenvalue weighted by molar-refractivity contribution is -0.384. The summed E-state index contributed by atoms with van der Waals surface area (Å²) in [6.07, 6.45) is 1.92. The maximum absolute atomic E-state index is 11.7. The van der Waals surface area contributed by atoms with Crippen LogP contribution in [0.3, 0.4) is 0 Å². The van der Waals surface area contributed by atoms with E-state index in [4.69, 9.17) is 11.6 Å². The zero-order valence-electron chi connectivity index (χ0n) is 12.1. The second-order valence-corrected chi connectivity index (χ2v) is 5.79. The van der Waals surface area contributed by atoms with Crippen LogP contribution in [0.1, 0.15) is 12.8 Å². The highest BCUT2D eigenvalue weighted by Gasteiger charge is 2.29. The first-order valence-electron chi connectivity index (χ1n) is 7.15. The number of nitrogens with zero attached hydrogens (tertiary/aromatic N) is 1. The molecule has 6 nitrogen and oxygen atoms in total. The largest absolute Gasteiger partial charge is 0.354 e. The Labute approximate surface area is 137 Å². The molecule has 2 aromatic carbocycles. The van der Waals surface area contributed by atoms with Gasteiger partial charge in [0.1, 0.15) is 0 Å². The predicted molar refractivity (Wildman–Crippen MR) is 89.2 cm³/mol. The average molecular weight is 332 g/mol. The van der Waals surface area contributed by atoms with Crippen molar-refractivity contribution in [3.8, 4) is 0 Å². The quantitative estimate of drug-likeness (QED) is 0.630. The first kappa shape index (κ1) is 15.3. The molecule has 3 rings (SSSR count). The van der Waals surface area contributed by atoms with Gasteiger partial charge in [-0.1, -0.05) is 11.6 Å². The summed E-state index contributed by atoms with van der Waals surface area (Å²) < 4.78 is 0. The van der Waals surface area contributed by atoms with Crippen molar-refractivity contribution < 1.29 is 9.72 Å². The lowest BCUT2D eigenvalue weighted by Gasteiger charge is -2.10. The van der Waals surface area contributed by atoms with E-state index in [1.165, 1.54) is 12.1 Å². The van der Waals surface area contributed by atoms with E-state index in [1.807, 2.05) is 0 Å². The molecule has 0 saturated heterocycles. The van der Waals surface area contributed by atoms with Crippen molar-refractivity contribution in [1.29, 1.82) is 0 Å². The number of nitro groups is 1. The lowest BCUT2D eigenvalue weighted by atomic mass is 10.2. The van der Waals surface area contributed by atoms with Crippen LogP contribution in [0, 0.1) is 16.0 Å². The van der Waals surface area contributed by atoms with Gasteiger partial charge < -0.3 is 10.6 Å². The maximum atomic E-state index is 11.7. The van der Waals surface area contributed by atoms with Crippen LogP contribution in [-0.2, 0) is 4.79 Å². The minimum Gasteiger partial charge on any atom is -0.354 e. The molecule has 0 radical (unpaired) electrons. The third kappa shape index (κ3) is 3.78. The van der Waals surface area contributed by atoms with Crippen LogP contribution in [0.5, 0.6) is 0 Å². The Morgan fingerprint density at radius 3 is 2.35 bits per heavy atom. The number of nitro benzene ring substituents is 1. The lowest BCUT2D eigenvalue weighted by Crippen LogP contribution is -2.13. The van der Waals surface area contributed by atoms with Gasteiger partial charge in [0.25, 0.3) is 5.69 Å². The Hall–Kier alpha value is -2.60. The van der Waals surface area contributed by atoms with Crippen molar-refractivity contribution in [2.45, 2.75) is 12.8 Å². The molecule has 118 valence electrons. The van der Waals surface area contributed by atoms with E-state index in [2.05, 4.69) is 10.6 Å². The molecule has 0 atom stereocenters. The fraction of sp³-hybridized carbons (Fsp3) is 0.188. The van der Waals surface area contributed by atoms with Gasteiger partial charge >= 0.3 is 0 Å². The molecule has 0 aromatic heterocycles. The Morgan fingerprint density at radius 2 is 1.78 bits per heavy atom. The summed E-state index contributed by atoms with van der Waals surface area (Å²) in [5.41, 5.74) is 2.03. The van der Waals surface area contributed by atoms with E-state index in [0.29, 0.717) is 5.69 Å². The van der Waals surface area contributed by atoms with Crippen molar-refractivity contribution in [1.82, 2.24) is 0 Å². The zero-order chi connectivity index (χ0) is 16.4. The number of benzene rings is 2. The van der Waals surface area contributed by atoms with E-state index in [-0.39, 0.29) is 22.5 Å². The van der Waals surface area contributed by atoms with Gasteiger partial charge in [-0.3, -0.25) is 14.9 Å². The summed E-state index contributed by atoms with van der Waals surface area (Å²) in [4.78, 5) is 21.9. The number of non-ortho nitro benzene ring substituents is 1. The first-order chi connectivity index (χ1) is 11.0. The highest BCUT2D eigenvalue weighted by molar-refractivity contribution is 6.33. The summed E-state index contributed by atoms with van der Waals surface area (Å²) in [6, 6.07) is 11.4. The number of hydrogen-bond acceptors (Lipinski definition) is 4. The molecule has 0 spiro atoms. The normalized spacial score (nSPS) is 13.4. The van der Waals surface area contributed by atoms with Gasteiger partial charge in [-0.15, -0.1) is 0 Å². The van der Waals surface area contributed by atoms with Gasteiger partial charge in [-0.25, -0.2) is 0 Å². The molecule has 1 saturated carbocycles. The summed E-state index contributed by atoms with van der Waals surface area (Å²) in [5, 5.41) is 16.9. The highest BCUT2D eigenvalue weighted by atomic mass is 35.5. The molecule has 7 heteroatoms. The molecule has 1 fully saturated rings. The molecule has 0 heterocycles. The minimum absolute atomic E-state index is 0.0568. The van der Waals surface area contributed by atoms with Gasteiger partial charge in [-0.2, -0.15) is 0 Å². The summed E-state index contributed by atoms with van der Waals surface area (Å²) >= 11 is 6.04. The molecule has 2 aromatic rings. The van der Waals surface area contributed by atoms with Crippen molar-refractivity contribution in [2.75, 3.05) is 10.6 Å². The van der Waals surface area contributed by atoms with Crippen molar-refractivity contribution >= 4 is 40.3 Å². The van der Waals surface area contributed by atoms with Crippen molar-refractivity contribution in [3.05, 3.63) is 57.6 Å². The first-order valence-corrected chi connectivity index (χ1v) is 7.52. The van der Waals surface area contributed by atoms with Crippen molar-refractivity contribution in [3.63, 3.8) is 0 Å². The van der Waals surface area contributed by atoms with Gasteiger partial charge in [-0.05, 0) is 43.2 Å². The monoisotopic (exact) mass is 331 g/mol. The SMILES string of the molecule is O=C(Nc1ccc(Nc2ccc([N+](=O)[O-])cc2Cl)cc1)C1CC1. The number of anilines is 3. The third-order valence-corrected chi connectivity index (χ3v) is 3.86. The van der Waals surface area contributed by atoms with E-state index >= 15 is 0 Å². The Bertz CT molecular complexity index is 758. The Kier molecular flexibility index (Phi) is 4.16. The zero-order valence-corrected chi connectivity index (χ0v) is 12.8. The number of halogens is 1. The number of amides is 1. The molecule has 0 aliphatic heterocycles. The molecule has 1 amide bonds. The number of carbonyl (C=O) groups is 1. The molecule has 0 bridgehead atoms. The molecule has 2 N–H and O–H groups in total. The van der Waals surface area contributed by atoms with Crippen LogP contribution >= 0.6 is 11.6 Å². The van der Waals surface area contributed by atoms with Gasteiger partial charge in [0.2, 0.25) is 5.91 Å². The van der Waals surface area contributed by atoms with Crippen molar-refractivity contribution in [2.24, 2.45) is 5.92 Å². The second-order valence-electron chi connectivity index (χ2n) is 5.39. The van der Waals surface area contributed by atoms with Gasteiger partial charge in [0.15, 0.2) is 0 Å². The minimum atomic E-state index is -0.493. The molecule has 1 aliphatic rings.